The van der Waals surface area contributed by atoms with Gasteiger partial charge in [-0.2, -0.15) is 5.10 Å². The highest BCUT2D eigenvalue weighted by Crippen LogP contribution is 2.21. The van der Waals surface area contributed by atoms with Crippen molar-refractivity contribution >= 4 is 17.6 Å². The predicted octanol–water partition coefficient (Wildman–Crippen LogP) is 2.52. The van der Waals surface area contributed by atoms with Gasteiger partial charge in [-0.3, -0.25) is 14.4 Å². The molecule has 0 fully saturated rings. The van der Waals surface area contributed by atoms with Crippen molar-refractivity contribution in [1.82, 2.24) is 29.6 Å². The first kappa shape index (κ1) is 24.3. The molecule has 0 radical (unpaired) electrons. The normalized spacial score (nSPS) is 11.6. The van der Waals surface area contributed by atoms with Crippen molar-refractivity contribution in [3.8, 4) is 22.8 Å². The van der Waals surface area contributed by atoms with Gasteiger partial charge in [-0.05, 0) is 35.9 Å². The van der Waals surface area contributed by atoms with Gasteiger partial charge in [-0.15, -0.1) is 0 Å². The minimum absolute atomic E-state index is 0.116. The molecule has 5 aromatic rings. The second kappa shape index (κ2) is 10.7. The number of nitrogens with zero attached hydrogens (tertiary/aromatic N) is 5. The Morgan fingerprint density at radius 3 is 2.39 bits per heavy atom. The van der Waals surface area contributed by atoms with Crippen LogP contribution < -0.4 is 11.1 Å². The maximum absolute atomic E-state index is 13.3. The summed E-state index contributed by atoms with van der Waals surface area (Å²) in [5.74, 6) is -2.30. The van der Waals surface area contributed by atoms with Crippen LogP contribution in [0.5, 0.6) is 0 Å². The van der Waals surface area contributed by atoms with E-state index in [1.54, 1.807) is 49.2 Å². The van der Waals surface area contributed by atoms with Crippen molar-refractivity contribution in [3.05, 3.63) is 115 Å². The van der Waals surface area contributed by atoms with E-state index < -0.39 is 23.6 Å². The van der Waals surface area contributed by atoms with E-state index in [-0.39, 0.29) is 17.8 Å². The van der Waals surface area contributed by atoms with Crippen LogP contribution in [0.2, 0.25) is 0 Å². The molecule has 0 saturated carbocycles. The maximum Gasteiger partial charge on any atom is 0.287 e. The summed E-state index contributed by atoms with van der Waals surface area (Å²) in [6, 6.07) is 20.7. The van der Waals surface area contributed by atoms with E-state index in [1.165, 1.54) is 4.68 Å². The number of primary amides is 1. The van der Waals surface area contributed by atoms with E-state index in [0.29, 0.717) is 5.69 Å². The summed E-state index contributed by atoms with van der Waals surface area (Å²) in [7, 11) is 0. The standard InChI is InChI=1S/C28H23N7O3/c29-26(37)25(36)24(17-19-5-2-1-3-6-19)32-28(38)22-7-4-13-31-27(22)35-15-12-23(33-35)20-8-10-21(11-9-20)34-16-14-30-18-34/h1-16,18,24H,17H2,(H2,29,37)(H,32,38). The van der Waals surface area contributed by atoms with Gasteiger partial charge in [0.15, 0.2) is 5.82 Å². The number of aromatic nitrogens is 5. The van der Waals surface area contributed by atoms with E-state index in [1.807, 2.05) is 59.3 Å². The minimum Gasteiger partial charge on any atom is -0.363 e. The average Bonchev–Trinajstić information content (AvgIpc) is 3.66. The highest BCUT2D eigenvalue weighted by molar-refractivity contribution is 6.38. The lowest BCUT2D eigenvalue weighted by molar-refractivity contribution is -0.137. The third kappa shape index (κ3) is 5.24. The summed E-state index contributed by atoms with van der Waals surface area (Å²) in [5, 5.41) is 7.26. The topological polar surface area (TPSA) is 138 Å². The number of hydrogen-bond donors (Lipinski definition) is 2. The molecule has 0 aliphatic heterocycles. The first-order valence-corrected chi connectivity index (χ1v) is 11.8. The quantitative estimate of drug-likeness (QED) is 0.295. The van der Waals surface area contributed by atoms with Crippen molar-refractivity contribution in [2.45, 2.75) is 12.5 Å². The number of amides is 2. The molecule has 38 heavy (non-hydrogen) atoms. The number of carbonyl (C=O) groups is 3. The van der Waals surface area contributed by atoms with Gasteiger partial charge in [0.05, 0.1) is 17.6 Å². The van der Waals surface area contributed by atoms with Crippen LogP contribution in [0.3, 0.4) is 0 Å². The first-order chi connectivity index (χ1) is 18.5. The molecule has 3 N–H and O–H groups in total. The van der Waals surface area contributed by atoms with Gasteiger partial charge < -0.3 is 15.6 Å². The van der Waals surface area contributed by atoms with Gasteiger partial charge in [-0.25, -0.2) is 14.6 Å². The molecule has 1 unspecified atom stereocenters. The number of imidazole rings is 1. The van der Waals surface area contributed by atoms with Crippen LogP contribution in [-0.2, 0) is 16.0 Å². The Bertz CT molecular complexity index is 1580. The molecule has 1 atom stereocenters. The molecule has 0 aliphatic rings. The smallest absolute Gasteiger partial charge is 0.287 e. The zero-order valence-electron chi connectivity index (χ0n) is 20.1. The van der Waals surface area contributed by atoms with E-state index in [0.717, 1.165) is 16.8 Å². The molecule has 5 rings (SSSR count). The number of rotatable bonds is 9. The van der Waals surface area contributed by atoms with Crippen LogP contribution in [0.4, 0.5) is 0 Å². The van der Waals surface area contributed by atoms with Crippen LogP contribution >= 0.6 is 0 Å². The van der Waals surface area contributed by atoms with E-state index in [9.17, 15) is 14.4 Å². The molecule has 3 heterocycles. The molecule has 3 aromatic heterocycles. The van der Waals surface area contributed by atoms with Crippen LogP contribution in [0.25, 0.3) is 22.8 Å². The summed E-state index contributed by atoms with van der Waals surface area (Å²) >= 11 is 0. The number of carbonyl (C=O) groups excluding carboxylic acids is 3. The summed E-state index contributed by atoms with van der Waals surface area (Å²) in [4.78, 5) is 45.9. The van der Waals surface area contributed by atoms with Crippen molar-refractivity contribution in [2.75, 3.05) is 0 Å². The summed E-state index contributed by atoms with van der Waals surface area (Å²) in [5.41, 5.74) is 8.74. The third-order valence-corrected chi connectivity index (χ3v) is 5.95. The number of nitrogens with one attached hydrogen (secondary N) is 1. The second-order valence-corrected chi connectivity index (χ2v) is 8.48. The lowest BCUT2D eigenvalue weighted by Gasteiger charge is -2.17. The molecule has 10 nitrogen and oxygen atoms in total. The summed E-state index contributed by atoms with van der Waals surface area (Å²) < 4.78 is 3.39. The summed E-state index contributed by atoms with van der Waals surface area (Å²) in [6.45, 7) is 0. The molecule has 0 spiro atoms. The van der Waals surface area contributed by atoms with Crippen molar-refractivity contribution in [2.24, 2.45) is 5.73 Å². The third-order valence-electron chi connectivity index (χ3n) is 5.95. The lowest BCUT2D eigenvalue weighted by Crippen LogP contribution is -2.47. The Balaban J connectivity index is 1.39. The Morgan fingerprint density at radius 1 is 0.895 bits per heavy atom. The van der Waals surface area contributed by atoms with Gasteiger partial charge in [0.1, 0.15) is 6.04 Å². The monoisotopic (exact) mass is 505 g/mol. The highest BCUT2D eigenvalue weighted by atomic mass is 16.2. The minimum atomic E-state index is -1.13. The predicted molar refractivity (Wildman–Crippen MR) is 140 cm³/mol. The zero-order chi connectivity index (χ0) is 26.5. The van der Waals surface area contributed by atoms with Crippen molar-refractivity contribution in [1.29, 1.82) is 0 Å². The van der Waals surface area contributed by atoms with Gasteiger partial charge in [0, 0.05) is 42.5 Å². The maximum atomic E-state index is 13.3. The second-order valence-electron chi connectivity index (χ2n) is 8.48. The van der Waals surface area contributed by atoms with Crippen molar-refractivity contribution < 1.29 is 14.4 Å². The highest BCUT2D eigenvalue weighted by Gasteiger charge is 2.27. The van der Waals surface area contributed by atoms with Crippen LogP contribution in [-0.4, -0.2) is 48.0 Å². The number of benzene rings is 2. The number of ketones is 1. The molecule has 2 amide bonds. The van der Waals surface area contributed by atoms with E-state index in [4.69, 9.17) is 5.73 Å². The molecule has 188 valence electrons. The SMILES string of the molecule is NC(=O)C(=O)C(Cc1ccccc1)NC(=O)c1cccnc1-n1ccc(-c2ccc(-n3ccnc3)cc2)n1. The molecule has 0 aliphatic carbocycles. The Kier molecular flexibility index (Phi) is 6.85. The van der Waals surface area contributed by atoms with Gasteiger partial charge >= 0.3 is 0 Å². The Hall–Kier alpha value is -5.38. The number of hydrogen-bond acceptors (Lipinski definition) is 6. The van der Waals surface area contributed by atoms with Crippen LogP contribution in [0.1, 0.15) is 15.9 Å². The number of Topliss-reactive ketones (excluding diaryl/α,β-unsaturated/α-hetero) is 1. The van der Waals surface area contributed by atoms with E-state index in [2.05, 4.69) is 20.4 Å². The van der Waals surface area contributed by atoms with Crippen molar-refractivity contribution in [3.63, 3.8) is 0 Å². The molecule has 10 heteroatoms. The van der Waals surface area contributed by atoms with Crippen LogP contribution in [0.15, 0.2) is 104 Å². The zero-order valence-corrected chi connectivity index (χ0v) is 20.1. The summed E-state index contributed by atoms with van der Waals surface area (Å²) in [6.07, 6.45) is 8.66. The fourth-order valence-corrected chi connectivity index (χ4v) is 4.04. The first-order valence-electron chi connectivity index (χ1n) is 11.8. The molecule has 0 bridgehead atoms. The largest absolute Gasteiger partial charge is 0.363 e. The molecule has 2 aromatic carbocycles. The Morgan fingerprint density at radius 2 is 1.68 bits per heavy atom. The molecule has 0 saturated heterocycles. The molecular formula is C28H23N7O3. The van der Waals surface area contributed by atoms with Crippen LogP contribution in [0, 0.1) is 0 Å². The lowest BCUT2D eigenvalue weighted by atomic mass is 10.0. The Labute approximate surface area is 217 Å². The molecular weight excluding hydrogens is 482 g/mol. The van der Waals surface area contributed by atoms with Gasteiger partial charge in [0.2, 0.25) is 5.78 Å². The fraction of sp³-hybridized carbons (Fsp3) is 0.0714. The average molecular weight is 506 g/mol. The fourth-order valence-electron chi connectivity index (χ4n) is 4.04. The number of pyridine rings is 1. The van der Waals surface area contributed by atoms with E-state index >= 15 is 0 Å². The number of nitrogens with two attached hydrogens (primary N) is 1. The van der Waals surface area contributed by atoms with Gasteiger partial charge in [-0.1, -0.05) is 42.5 Å². The van der Waals surface area contributed by atoms with Gasteiger partial charge in [0.25, 0.3) is 11.8 Å².